The first kappa shape index (κ1) is 20.6. The van der Waals surface area contributed by atoms with E-state index in [9.17, 15) is 9.59 Å². The maximum absolute atomic E-state index is 13.4. The number of halogens is 1. The summed E-state index contributed by atoms with van der Waals surface area (Å²) in [6, 6.07) is 3.52. The van der Waals surface area contributed by atoms with E-state index in [0.29, 0.717) is 29.8 Å². The Balaban J connectivity index is 1.96. The molecule has 2 atom stereocenters. The van der Waals surface area contributed by atoms with Gasteiger partial charge in [-0.1, -0.05) is 0 Å². The number of hydrogen-bond acceptors (Lipinski definition) is 7. The van der Waals surface area contributed by atoms with Gasteiger partial charge in [-0.3, -0.25) is 13.9 Å². The van der Waals surface area contributed by atoms with E-state index in [1.165, 1.54) is 23.0 Å². The molecule has 0 unspecified atom stereocenters. The zero-order chi connectivity index (χ0) is 22.0. The molecule has 0 saturated heterocycles. The second kappa shape index (κ2) is 7.40. The van der Waals surface area contributed by atoms with Gasteiger partial charge in [0.15, 0.2) is 5.22 Å². The topological polar surface area (TPSA) is 101 Å². The lowest BCUT2D eigenvalue weighted by molar-refractivity contribution is 0.505. The quantitative estimate of drug-likeness (QED) is 0.487. The van der Waals surface area contributed by atoms with E-state index >= 15 is 0 Å². The fraction of sp³-hybridized carbons (Fsp3) is 0.350. The molecule has 1 aliphatic rings. The second-order valence-electron chi connectivity index (χ2n) is 7.58. The van der Waals surface area contributed by atoms with Crippen LogP contribution in [0.2, 0.25) is 5.22 Å². The van der Waals surface area contributed by atoms with Crippen molar-refractivity contribution in [3.8, 4) is 10.7 Å². The highest BCUT2D eigenvalue weighted by molar-refractivity contribution is 8.00. The number of rotatable bonds is 3. The lowest BCUT2D eigenvalue weighted by Crippen LogP contribution is -2.37. The number of thiazole rings is 1. The number of aromatic nitrogens is 4. The Labute approximate surface area is 190 Å². The second-order valence-corrected chi connectivity index (χ2v) is 10.2. The monoisotopic (exact) mass is 477 g/mol. The van der Waals surface area contributed by atoms with Gasteiger partial charge in [0.1, 0.15) is 16.0 Å². The minimum atomic E-state index is -0.380. The third-order valence-electron chi connectivity index (χ3n) is 5.60. The molecule has 1 aliphatic heterocycles. The SMILES string of the molecule is Cc1csc(-c2c3c(=O)n(C)c(=O)n(C)c3c3n2C[C@H](CN)S[C@H]3c2ccc(Cl)o2)n1. The van der Waals surface area contributed by atoms with Crippen LogP contribution in [-0.4, -0.2) is 30.5 Å². The predicted molar refractivity (Wildman–Crippen MR) is 124 cm³/mol. The summed E-state index contributed by atoms with van der Waals surface area (Å²) in [7, 11) is 3.19. The molecule has 8 nitrogen and oxygen atoms in total. The number of fused-ring (bicyclic) bond motifs is 3. The van der Waals surface area contributed by atoms with Crippen molar-refractivity contribution in [2.24, 2.45) is 19.8 Å². The van der Waals surface area contributed by atoms with Crippen LogP contribution in [0.5, 0.6) is 0 Å². The van der Waals surface area contributed by atoms with Crippen molar-refractivity contribution in [3.05, 3.63) is 60.7 Å². The molecule has 4 aromatic rings. The molecule has 2 N–H and O–H groups in total. The summed E-state index contributed by atoms with van der Waals surface area (Å²) in [4.78, 5) is 30.9. The van der Waals surface area contributed by atoms with E-state index in [1.54, 1.807) is 24.9 Å². The largest absolute Gasteiger partial charge is 0.448 e. The van der Waals surface area contributed by atoms with Crippen LogP contribution in [-0.2, 0) is 20.6 Å². The normalized spacial score (nSPS) is 18.6. The highest BCUT2D eigenvalue weighted by Gasteiger charge is 2.37. The molecule has 11 heteroatoms. The minimum absolute atomic E-state index is 0.0869. The Kier molecular flexibility index (Phi) is 4.93. The molecule has 0 saturated carbocycles. The average molecular weight is 478 g/mol. The van der Waals surface area contributed by atoms with Gasteiger partial charge in [-0.05, 0) is 30.7 Å². The van der Waals surface area contributed by atoms with Crippen LogP contribution in [0.25, 0.3) is 21.6 Å². The summed E-state index contributed by atoms with van der Waals surface area (Å²) in [6.45, 7) is 2.97. The van der Waals surface area contributed by atoms with Crippen molar-refractivity contribution in [1.82, 2.24) is 18.7 Å². The fourth-order valence-electron chi connectivity index (χ4n) is 4.19. The van der Waals surface area contributed by atoms with Gasteiger partial charge in [0.05, 0.1) is 22.3 Å². The molecule has 0 spiro atoms. The Morgan fingerprint density at radius 1 is 1.29 bits per heavy atom. The van der Waals surface area contributed by atoms with Crippen LogP contribution >= 0.6 is 34.7 Å². The van der Waals surface area contributed by atoms with Gasteiger partial charge in [-0.2, -0.15) is 0 Å². The molecule has 4 aromatic heterocycles. The minimum Gasteiger partial charge on any atom is -0.448 e. The molecule has 0 aromatic carbocycles. The van der Waals surface area contributed by atoms with Crippen molar-refractivity contribution >= 4 is 45.6 Å². The number of nitrogens with zero attached hydrogens (tertiary/aromatic N) is 4. The predicted octanol–water partition coefficient (Wildman–Crippen LogP) is 2.88. The molecule has 5 rings (SSSR count). The van der Waals surface area contributed by atoms with Gasteiger partial charge in [0.25, 0.3) is 5.56 Å². The van der Waals surface area contributed by atoms with Gasteiger partial charge in [-0.15, -0.1) is 23.1 Å². The Hall–Kier alpha value is -2.27. The van der Waals surface area contributed by atoms with Crippen LogP contribution in [0.15, 0.2) is 31.5 Å². The van der Waals surface area contributed by atoms with Crippen molar-refractivity contribution < 1.29 is 4.42 Å². The number of aryl methyl sites for hydroxylation is 2. The number of hydrogen-bond donors (Lipinski definition) is 1. The summed E-state index contributed by atoms with van der Waals surface area (Å²) < 4.78 is 10.5. The summed E-state index contributed by atoms with van der Waals surface area (Å²) in [5, 5.41) is 3.27. The molecule has 0 aliphatic carbocycles. The van der Waals surface area contributed by atoms with Crippen LogP contribution in [0.3, 0.4) is 0 Å². The van der Waals surface area contributed by atoms with Gasteiger partial charge in [0, 0.05) is 43.5 Å². The number of furan rings is 1. The zero-order valence-corrected chi connectivity index (χ0v) is 19.5. The molecule has 5 heterocycles. The van der Waals surface area contributed by atoms with Crippen molar-refractivity contribution in [3.63, 3.8) is 0 Å². The van der Waals surface area contributed by atoms with Crippen LogP contribution in [0.1, 0.15) is 22.4 Å². The molecule has 162 valence electrons. The van der Waals surface area contributed by atoms with E-state index < -0.39 is 0 Å². The molecular formula is C20H20ClN5O3S2. The maximum Gasteiger partial charge on any atom is 0.331 e. The molecular weight excluding hydrogens is 458 g/mol. The lowest BCUT2D eigenvalue weighted by atomic mass is 10.2. The summed E-state index contributed by atoms with van der Waals surface area (Å²) in [6.07, 6.45) is 0. The molecule has 0 bridgehead atoms. The van der Waals surface area contributed by atoms with E-state index in [0.717, 1.165) is 26.7 Å². The maximum atomic E-state index is 13.4. The Bertz CT molecular complexity index is 1440. The molecule has 31 heavy (non-hydrogen) atoms. The first-order chi connectivity index (χ1) is 14.8. The molecule has 0 radical (unpaired) electrons. The zero-order valence-electron chi connectivity index (χ0n) is 17.1. The first-order valence-corrected chi connectivity index (χ1v) is 11.9. The summed E-state index contributed by atoms with van der Waals surface area (Å²) >= 11 is 9.21. The fourth-order valence-corrected chi connectivity index (χ4v) is 6.55. The highest BCUT2D eigenvalue weighted by Crippen LogP contribution is 2.49. The molecule has 0 fully saturated rings. The third-order valence-corrected chi connectivity index (χ3v) is 8.23. The third kappa shape index (κ3) is 3.04. The van der Waals surface area contributed by atoms with Gasteiger partial charge in [0.2, 0.25) is 0 Å². The molecule has 0 amide bonds. The average Bonchev–Trinajstić information content (AvgIpc) is 3.46. The van der Waals surface area contributed by atoms with Gasteiger partial charge in [-0.25, -0.2) is 9.78 Å². The Morgan fingerprint density at radius 3 is 2.68 bits per heavy atom. The van der Waals surface area contributed by atoms with E-state index in [4.69, 9.17) is 21.8 Å². The van der Waals surface area contributed by atoms with Crippen LogP contribution < -0.4 is 17.0 Å². The highest BCUT2D eigenvalue weighted by atomic mass is 35.5. The van der Waals surface area contributed by atoms with E-state index in [1.807, 2.05) is 18.4 Å². The van der Waals surface area contributed by atoms with Crippen molar-refractivity contribution in [2.75, 3.05) is 6.54 Å². The van der Waals surface area contributed by atoms with Gasteiger partial charge < -0.3 is 14.7 Å². The summed E-state index contributed by atoms with van der Waals surface area (Å²) in [5.74, 6) is 0.656. The van der Waals surface area contributed by atoms with E-state index in [2.05, 4.69) is 9.55 Å². The number of thioether (sulfide) groups is 1. The van der Waals surface area contributed by atoms with E-state index in [-0.39, 0.29) is 27.0 Å². The van der Waals surface area contributed by atoms with Crippen LogP contribution in [0.4, 0.5) is 0 Å². The van der Waals surface area contributed by atoms with Crippen molar-refractivity contribution in [1.29, 1.82) is 0 Å². The lowest BCUT2D eigenvalue weighted by Gasteiger charge is -2.30. The first-order valence-electron chi connectivity index (χ1n) is 9.67. The van der Waals surface area contributed by atoms with Gasteiger partial charge >= 0.3 is 5.69 Å². The standard InChI is InChI=1S/C20H20ClN5O3S2/c1-9-8-30-18(23-9)15-13-14(24(2)20(28)25(3)19(13)27)16-17(11-4-5-12(21)29-11)31-10(6-22)7-26(15)16/h4-5,8,10,17H,6-7,22H2,1-3H3/t10-,17-/m0/s1. The number of nitrogens with two attached hydrogens (primary N) is 1. The van der Waals surface area contributed by atoms with Crippen LogP contribution in [0, 0.1) is 6.92 Å². The van der Waals surface area contributed by atoms with Crippen molar-refractivity contribution in [2.45, 2.75) is 24.0 Å². The Morgan fingerprint density at radius 2 is 2.06 bits per heavy atom. The smallest absolute Gasteiger partial charge is 0.331 e. The summed E-state index contributed by atoms with van der Waals surface area (Å²) in [5.41, 5.74) is 8.38.